The molecular formula is C20H19FN2. The van der Waals surface area contributed by atoms with Gasteiger partial charge in [0.2, 0.25) is 0 Å². The van der Waals surface area contributed by atoms with Crippen molar-refractivity contribution in [3.05, 3.63) is 77.6 Å². The fraction of sp³-hybridized carbons (Fsp3) is 0.250. The van der Waals surface area contributed by atoms with E-state index in [1.54, 1.807) is 12.1 Å². The van der Waals surface area contributed by atoms with Crippen LogP contribution in [0.4, 0.5) is 4.39 Å². The van der Waals surface area contributed by atoms with Gasteiger partial charge in [-0.05, 0) is 60.7 Å². The van der Waals surface area contributed by atoms with Crippen molar-refractivity contribution in [2.75, 3.05) is 0 Å². The summed E-state index contributed by atoms with van der Waals surface area (Å²) in [6, 6.07) is 13.3. The van der Waals surface area contributed by atoms with Crippen molar-refractivity contribution in [1.82, 2.24) is 9.55 Å². The lowest BCUT2D eigenvalue weighted by molar-refractivity contribution is 0.520. The van der Waals surface area contributed by atoms with Crippen LogP contribution < -0.4 is 0 Å². The monoisotopic (exact) mass is 306 g/mol. The Hall–Kier alpha value is -2.42. The molecule has 3 aromatic rings. The Labute approximate surface area is 135 Å². The molecule has 3 heterocycles. The van der Waals surface area contributed by atoms with Gasteiger partial charge in [0.15, 0.2) is 0 Å². The average molecular weight is 306 g/mol. The van der Waals surface area contributed by atoms with Crippen LogP contribution in [0.1, 0.15) is 29.8 Å². The summed E-state index contributed by atoms with van der Waals surface area (Å²) in [6.45, 7) is 1.08. The molecule has 1 aromatic carbocycles. The zero-order valence-corrected chi connectivity index (χ0v) is 13.0. The van der Waals surface area contributed by atoms with E-state index in [1.807, 2.05) is 24.5 Å². The highest BCUT2D eigenvalue weighted by atomic mass is 19.1. The second-order valence-electron chi connectivity index (χ2n) is 6.14. The molecule has 2 aromatic heterocycles. The largest absolute Gasteiger partial charge is 0.348 e. The van der Waals surface area contributed by atoms with Crippen molar-refractivity contribution in [2.24, 2.45) is 0 Å². The van der Waals surface area contributed by atoms with E-state index in [1.165, 1.54) is 35.4 Å². The maximum Gasteiger partial charge on any atom is 0.123 e. The topological polar surface area (TPSA) is 17.8 Å². The zero-order valence-electron chi connectivity index (χ0n) is 13.0. The Balaban J connectivity index is 1.79. The summed E-state index contributed by atoms with van der Waals surface area (Å²) < 4.78 is 15.6. The number of pyridine rings is 1. The van der Waals surface area contributed by atoms with Crippen molar-refractivity contribution in [3.8, 4) is 11.1 Å². The van der Waals surface area contributed by atoms with E-state index in [9.17, 15) is 4.39 Å². The highest BCUT2D eigenvalue weighted by molar-refractivity contribution is 5.68. The SMILES string of the molecule is Fc1ccc(Cc2c(-c3ccncc3)cc3n2CCCC3)cc1. The third-order valence-electron chi connectivity index (χ3n) is 4.64. The highest BCUT2D eigenvalue weighted by Crippen LogP contribution is 2.32. The predicted octanol–water partition coefficient (Wildman–Crippen LogP) is 4.62. The minimum atomic E-state index is -0.180. The maximum absolute atomic E-state index is 13.2. The lowest BCUT2D eigenvalue weighted by Crippen LogP contribution is -2.12. The Morgan fingerprint density at radius 3 is 2.57 bits per heavy atom. The van der Waals surface area contributed by atoms with Gasteiger partial charge in [-0.15, -0.1) is 0 Å². The molecule has 0 N–H and O–H groups in total. The van der Waals surface area contributed by atoms with E-state index in [2.05, 4.69) is 27.8 Å². The standard InChI is InChI=1S/C20H19FN2/c21-17-6-4-15(5-7-17)13-20-19(16-8-10-22-11-9-16)14-18-3-1-2-12-23(18)20/h4-11,14H,1-3,12-13H2. The van der Waals surface area contributed by atoms with Gasteiger partial charge in [0.25, 0.3) is 0 Å². The first kappa shape index (κ1) is 14.2. The molecule has 2 nitrogen and oxygen atoms in total. The minimum Gasteiger partial charge on any atom is -0.348 e. The van der Waals surface area contributed by atoms with E-state index in [-0.39, 0.29) is 5.82 Å². The third kappa shape index (κ3) is 2.79. The van der Waals surface area contributed by atoms with Crippen LogP contribution >= 0.6 is 0 Å². The number of hydrogen-bond acceptors (Lipinski definition) is 1. The molecule has 0 bridgehead atoms. The number of aromatic nitrogens is 2. The third-order valence-corrected chi connectivity index (χ3v) is 4.64. The van der Waals surface area contributed by atoms with E-state index in [0.29, 0.717) is 0 Å². The molecule has 0 unspecified atom stereocenters. The molecule has 0 atom stereocenters. The van der Waals surface area contributed by atoms with Crippen molar-refractivity contribution in [3.63, 3.8) is 0 Å². The van der Waals surface area contributed by atoms with Crippen LogP contribution in [0.3, 0.4) is 0 Å². The first-order valence-electron chi connectivity index (χ1n) is 8.17. The fourth-order valence-corrected chi connectivity index (χ4v) is 3.48. The Morgan fingerprint density at radius 1 is 1.00 bits per heavy atom. The van der Waals surface area contributed by atoms with Gasteiger partial charge in [-0.25, -0.2) is 4.39 Å². The Morgan fingerprint density at radius 2 is 1.78 bits per heavy atom. The van der Waals surface area contributed by atoms with Gasteiger partial charge < -0.3 is 4.57 Å². The van der Waals surface area contributed by atoms with Gasteiger partial charge in [-0.1, -0.05) is 12.1 Å². The Bertz CT molecular complexity index is 804. The van der Waals surface area contributed by atoms with Crippen LogP contribution in [0.2, 0.25) is 0 Å². The average Bonchev–Trinajstić information content (AvgIpc) is 2.96. The normalized spacial score (nSPS) is 13.8. The summed E-state index contributed by atoms with van der Waals surface area (Å²) in [6.07, 6.45) is 8.14. The molecule has 0 fully saturated rings. The zero-order chi connectivity index (χ0) is 15.6. The molecule has 23 heavy (non-hydrogen) atoms. The summed E-state index contributed by atoms with van der Waals surface area (Å²) in [7, 11) is 0. The molecule has 0 saturated carbocycles. The van der Waals surface area contributed by atoms with Crippen LogP contribution in [0.25, 0.3) is 11.1 Å². The molecule has 0 spiro atoms. The second-order valence-corrected chi connectivity index (χ2v) is 6.14. The lowest BCUT2D eigenvalue weighted by atomic mass is 10.0. The molecule has 4 rings (SSSR count). The summed E-state index contributed by atoms with van der Waals surface area (Å²) in [5.41, 5.74) is 6.39. The van der Waals surface area contributed by atoms with Gasteiger partial charge >= 0.3 is 0 Å². The molecule has 0 aliphatic carbocycles. The Kier molecular flexibility index (Phi) is 3.70. The number of hydrogen-bond donors (Lipinski definition) is 0. The van der Waals surface area contributed by atoms with Crippen LogP contribution in [-0.4, -0.2) is 9.55 Å². The molecule has 0 radical (unpaired) electrons. The van der Waals surface area contributed by atoms with Gasteiger partial charge in [0, 0.05) is 42.3 Å². The van der Waals surface area contributed by atoms with Crippen molar-refractivity contribution < 1.29 is 4.39 Å². The molecule has 1 aliphatic heterocycles. The fourth-order valence-electron chi connectivity index (χ4n) is 3.48. The molecule has 0 saturated heterocycles. The smallest absolute Gasteiger partial charge is 0.123 e. The number of nitrogens with zero attached hydrogens (tertiary/aromatic N) is 2. The predicted molar refractivity (Wildman–Crippen MR) is 89.8 cm³/mol. The number of fused-ring (bicyclic) bond motifs is 1. The van der Waals surface area contributed by atoms with Gasteiger partial charge in [0.1, 0.15) is 5.82 Å². The first-order chi connectivity index (χ1) is 11.3. The first-order valence-corrected chi connectivity index (χ1v) is 8.17. The van der Waals surface area contributed by atoms with Crippen molar-refractivity contribution in [1.29, 1.82) is 0 Å². The van der Waals surface area contributed by atoms with Crippen molar-refractivity contribution >= 4 is 0 Å². The molecule has 116 valence electrons. The number of aryl methyl sites for hydroxylation is 1. The lowest BCUT2D eigenvalue weighted by Gasteiger charge is -2.18. The van der Waals surface area contributed by atoms with Gasteiger partial charge in [-0.2, -0.15) is 0 Å². The van der Waals surface area contributed by atoms with Crippen molar-refractivity contribution in [2.45, 2.75) is 32.2 Å². The van der Waals surface area contributed by atoms with Crippen LogP contribution in [0, 0.1) is 5.82 Å². The van der Waals surface area contributed by atoms with Crippen LogP contribution in [-0.2, 0) is 19.4 Å². The number of rotatable bonds is 3. The number of halogens is 1. The van der Waals surface area contributed by atoms with E-state index < -0.39 is 0 Å². The second kappa shape index (κ2) is 5.99. The quantitative estimate of drug-likeness (QED) is 0.690. The highest BCUT2D eigenvalue weighted by Gasteiger charge is 2.19. The maximum atomic E-state index is 13.2. The molecule has 0 amide bonds. The summed E-state index contributed by atoms with van der Waals surface area (Å²) >= 11 is 0. The van der Waals surface area contributed by atoms with Crippen LogP contribution in [0.5, 0.6) is 0 Å². The molecule has 1 aliphatic rings. The van der Waals surface area contributed by atoms with E-state index in [0.717, 1.165) is 24.9 Å². The molecular weight excluding hydrogens is 287 g/mol. The van der Waals surface area contributed by atoms with Gasteiger partial charge in [0.05, 0.1) is 0 Å². The van der Waals surface area contributed by atoms with Gasteiger partial charge in [-0.3, -0.25) is 4.98 Å². The number of benzene rings is 1. The minimum absolute atomic E-state index is 0.180. The molecule has 3 heteroatoms. The van der Waals surface area contributed by atoms with E-state index in [4.69, 9.17) is 0 Å². The summed E-state index contributed by atoms with van der Waals surface area (Å²) in [4.78, 5) is 4.13. The summed E-state index contributed by atoms with van der Waals surface area (Å²) in [5.74, 6) is -0.180. The van der Waals surface area contributed by atoms with Crippen LogP contribution in [0.15, 0.2) is 54.9 Å². The van der Waals surface area contributed by atoms with E-state index >= 15 is 0 Å². The summed E-state index contributed by atoms with van der Waals surface area (Å²) in [5, 5.41) is 0.